The molecule has 7 heteroatoms. The van der Waals surface area contributed by atoms with Gasteiger partial charge in [-0.1, -0.05) is 19.1 Å². The third kappa shape index (κ3) is 3.88. The molecule has 1 saturated heterocycles. The van der Waals surface area contributed by atoms with Gasteiger partial charge >= 0.3 is 5.69 Å². The highest BCUT2D eigenvalue weighted by Gasteiger charge is 2.25. The molecule has 0 spiro atoms. The van der Waals surface area contributed by atoms with Crippen molar-refractivity contribution in [2.75, 3.05) is 13.1 Å². The molecule has 0 bridgehead atoms. The van der Waals surface area contributed by atoms with E-state index in [4.69, 9.17) is 0 Å². The maximum absolute atomic E-state index is 13.0. The van der Waals surface area contributed by atoms with Gasteiger partial charge in [-0.2, -0.15) is 0 Å². The molecule has 1 aromatic carbocycles. The van der Waals surface area contributed by atoms with Gasteiger partial charge in [-0.15, -0.1) is 0 Å². The van der Waals surface area contributed by atoms with Crippen LogP contribution in [0.3, 0.4) is 0 Å². The van der Waals surface area contributed by atoms with E-state index in [1.165, 1.54) is 16.7 Å². The highest BCUT2D eigenvalue weighted by Crippen LogP contribution is 2.19. The van der Waals surface area contributed by atoms with Gasteiger partial charge in [0.1, 0.15) is 5.82 Å². The molecule has 3 rings (SSSR count). The lowest BCUT2D eigenvalue weighted by Crippen LogP contribution is -2.43. The second-order valence-electron chi connectivity index (χ2n) is 6.69. The quantitative estimate of drug-likeness (QED) is 0.848. The molecule has 1 fully saturated rings. The molecule has 26 heavy (non-hydrogen) atoms. The number of nitrogens with zero attached hydrogens (tertiary/aromatic N) is 3. The van der Waals surface area contributed by atoms with E-state index in [1.807, 2.05) is 0 Å². The van der Waals surface area contributed by atoms with E-state index in [1.54, 1.807) is 12.1 Å². The monoisotopic (exact) mass is 361 g/mol. The standard InChI is InChI=1S/C19H24FN3O3/c1-2-21-10-3-4-16(21)13-23-18(25)12-17(24)22(19(23)26)11-9-14-5-7-15(20)8-6-14/h5-8,12,16,25H,2-4,9-11,13H2,1H3. The zero-order valence-electron chi connectivity index (χ0n) is 14.9. The van der Waals surface area contributed by atoms with Crippen LogP contribution in [0, 0.1) is 5.82 Å². The smallest absolute Gasteiger partial charge is 0.333 e. The van der Waals surface area contributed by atoms with Gasteiger partial charge in [0.15, 0.2) is 0 Å². The van der Waals surface area contributed by atoms with Crippen LogP contribution in [0.1, 0.15) is 25.3 Å². The van der Waals surface area contributed by atoms with E-state index in [0.29, 0.717) is 13.0 Å². The van der Waals surface area contributed by atoms with Crippen LogP contribution in [0.15, 0.2) is 39.9 Å². The molecule has 1 aliphatic heterocycles. The fraction of sp³-hybridized carbons (Fsp3) is 0.474. The van der Waals surface area contributed by atoms with Crippen molar-refractivity contribution in [3.8, 4) is 5.88 Å². The molecule has 2 heterocycles. The van der Waals surface area contributed by atoms with Crippen LogP contribution in [0.2, 0.25) is 0 Å². The third-order valence-electron chi connectivity index (χ3n) is 5.09. The predicted molar refractivity (Wildman–Crippen MR) is 97.0 cm³/mol. The van der Waals surface area contributed by atoms with Crippen molar-refractivity contribution >= 4 is 0 Å². The summed E-state index contributed by atoms with van der Waals surface area (Å²) in [5, 5.41) is 10.1. The largest absolute Gasteiger partial charge is 0.494 e. The van der Waals surface area contributed by atoms with Gasteiger partial charge in [0.25, 0.3) is 5.56 Å². The van der Waals surface area contributed by atoms with Crippen LogP contribution in [0.5, 0.6) is 5.88 Å². The Hall–Kier alpha value is -2.41. The van der Waals surface area contributed by atoms with Crippen LogP contribution in [-0.4, -0.2) is 38.3 Å². The van der Waals surface area contributed by atoms with Crippen molar-refractivity contribution in [1.82, 2.24) is 14.0 Å². The zero-order valence-corrected chi connectivity index (χ0v) is 14.9. The SMILES string of the molecule is CCN1CCCC1Cn1c(O)cc(=O)n(CCc2ccc(F)cc2)c1=O. The maximum atomic E-state index is 13.0. The highest BCUT2D eigenvalue weighted by atomic mass is 19.1. The summed E-state index contributed by atoms with van der Waals surface area (Å²) in [5.74, 6) is -0.615. The van der Waals surface area contributed by atoms with Crippen LogP contribution in [-0.2, 0) is 19.5 Å². The number of hydrogen-bond acceptors (Lipinski definition) is 4. The van der Waals surface area contributed by atoms with Gasteiger partial charge in [0.05, 0.1) is 6.07 Å². The van der Waals surface area contributed by atoms with E-state index in [2.05, 4.69) is 11.8 Å². The summed E-state index contributed by atoms with van der Waals surface area (Å²) in [4.78, 5) is 27.2. The van der Waals surface area contributed by atoms with E-state index in [-0.39, 0.29) is 24.3 Å². The highest BCUT2D eigenvalue weighted by molar-refractivity contribution is 5.16. The lowest BCUT2D eigenvalue weighted by atomic mass is 10.1. The Bertz CT molecular complexity index is 873. The van der Waals surface area contributed by atoms with E-state index >= 15 is 0 Å². The van der Waals surface area contributed by atoms with Crippen molar-refractivity contribution < 1.29 is 9.50 Å². The van der Waals surface area contributed by atoms with E-state index in [0.717, 1.165) is 42.1 Å². The average Bonchev–Trinajstić information content (AvgIpc) is 3.07. The van der Waals surface area contributed by atoms with E-state index in [9.17, 15) is 19.1 Å². The first-order valence-electron chi connectivity index (χ1n) is 9.01. The summed E-state index contributed by atoms with van der Waals surface area (Å²) in [6.45, 7) is 4.51. The van der Waals surface area contributed by atoms with Gasteiger partial charge in [0, 0.05) is 19.1 Å². The van der Waals surface area contributed by atoms with Crippen LogP contribution >= 0.6 is 0 Å². The molecule has 0 radical (unpaired) electrons. The Balaban J connectivity index is 1.83. The topological polar surface area (TPSA) is 67.5 Å². The van der Waals surface area contributed by atoms with Crippen LogP contribution in [0.4, 0.5) is 4.39 Å². The number of likely N-dealkylation sites (tertiary alicyclic amines) is 1. The normalized spacial score (nSPS) is 17.7. The molecule has 1 atom stereocenters. The van der Waals surface area contributed by atoms with Crippen molar-refractivity contribution in [3.63, 3.8) is 0 Å². The summed E-state index contributed by atoms with van der Waals surface area (Å²) in [5.41, 5.74) is -0.185. The van der Waals surface area contributed by atoms with Crippen molar-refractivity contribution in [3.05, 3.63) is 62.6 Å². The van der Waals surface area contributed by atoms with Crippen molar-refractivity contribution in [2.45, 2.75) is 45.3 Å². The molecule has 1 unspecified atom stereocenters. The molecular weight excluding hydrogens is 337 g/mol. The predicted octanol–water partition coefficient (Wildman–Crippen LogP) is 1.58. The Morgan fingerprint density at radius 2 is 1.92 bits per heavy atom. The minimum Gasteiger partial charge on any atom is -0.494 e. The summed E-state index contributed by atoms with van der Waals surface area (Å²) in [6, 6.07) is 7.26. The van der Waals surface area contributed by atoms with Crippen LogP contribution in [0.25, 0.3) is 0 Å². The Morgan fingerprint density at radius 3 is 2.62 bits per heavy atom. The zero-order chi connectivity index (χ0) is 18.7. The number of likely N-dealkylation sites (N-methyl/N-ethyl adjacent to an activating group) is 1. The molecule has 0 aliphatic carbocycles. The van der Waals surface area contributed by atoms with Gasteiger partial charge in [-0.3, -0.25) is 18.8 Å². The van der Waals surface area contributed by atoms with Crippen molar-refractivity contribution in [1.29, 1.82) is 0 Å². The lowest BCUT2D eigenvalue weighted by molar-refractivity contribution is 0.231. The number of aromatic nitrogens is 2. The number of benzene rings is 1. The number of hydrogen-bond donors (Lipinski definition) is 1. The minimum absolute atomic E-state index is 0.186. The number of aryl methyl sites for hydroxylation is 1. The molecule has 140 valence electrons. The second kappa shape index (κ2) is 7.86. The molecule has 2 aromatic rings. The molecule has 1 N–H and O–H groups in total. The Kier molecular flexibility index (Phi) is 5.56. The van der Waals surface area contributed by atoms with Gasteiger partial charge < -0.3 is 5.11 Å². The molecule has 0 saturated carbocycles. The van der Waals surface area contributed by atoms with Crippen molar-refractivity contribution in [2.24, 2.45) is 0 Å². The number of halogens is 1. The molecule has 0 amide bonds. The molecular formula is C19H24FN3O3. The fourth-order valence-electron chi connectivity index (χ4n) is 3.60. The lowest BCUT2D eigenvalue weighted by Gasteiger charge is -2.24. The Morgan fingerprint density at radius 1 is 1.19 bits per heavy atom. The number of rotatable bonds is 6. The molecule has 1 aromatic heterocycles. The summed E-state index contributed by atoms with van der Waals surface area (Å²) in [6.07, 6.45) is 2.47. The molecule has 1 aliphatic rings. The van der Waals surface area contributed by atoms with Gasteiger partial charge in [0.2, 0.25) is 5.88 Å². The van der Waals surface area contributed by atoms with E-state index < -0.39 is 11.2 Å². The second-order valence-corrected chi connectivity index (χ2v) is 6.69. The Labute approximate surface area is 151 Å². The van der Waals surface area contributed by atoms with Gasteiger partial charge in [-0.25, -0.2) is 9.18 Å². The summed E-state index contributed by atoms with van der Waals surface area (Å²) >= 11 is 0. The first-order chi connectivity index (χ1) is 12.5. The fourth-order valence-corrected chi connectivity index (χ4v) is 3.60. The summed E-state index contributed by atoms with van der Waals surface area (Å²) < 4.78 is 15.4. The van der Waals surface area contributed by atoms with Crippen LogP contribution < -0.4 is 11.2 Å². The third-order valence-corrected chi connectivity index (χ3v) is 5.09. The van der Waals surface area contributed by atoms with Gasteiger partial charge in [-0.05, 0) is 50.0 Å². The average molecular weight is 361 g/mol. The first kappa shape index (κ1) is 18.4. The summed E-state index contributed by atoms with van der Waals surface area (Å²) in [7, 11) is 0. The number of aromatic hydroxyl groups is 1. The first-order valence-corrected chi connectivity index (χ1v) is 9.01. The minimum atomic E-state index is -0.523. The molecule has 6 nitrogen and oxygen atoms in total. The maximum Gasteiger partial charge on any atom is 0.333 e.